The number of halogens is 2. The first-order chi connectivity index (χ1) is 11.8. The van der Waals surface area contributed by atoms with E-state index in [1.807, 2.05) is 0 Å². The molecule has 142 valence electrons. The Hall–Kier alpha value is -0.330. The van der Waals surface area contributed by atoms with E-state index in [9.17, 15) is 9.90 Å². The zero-order valence-electron chi connectivity index (χ0n) is 14.5. The molecule has 0 amide bonds. The summed E-state index contributed by atoms with van der Waals surface area (Å²) >= 11 is 11.8. The van der Waals surface area contributed by atoms with Crippen molar-refractivity contribution in [1.29, 1.82) is 0 Å². The molecular weight excluding hydrogens is 379 g/mol. The van der Waals surface area contributed by atoms with Crippen molar-refractivity contribution in [2.24, 2.45) is 17.6 Å². The van der Waals surface area contributed by atoms with E-state index in [1.165, 1.54) is 63.9 Å². The molecule has 1 heterocycles. The highest BCUT2D eigenvalue weighted by molar-refractivity contribution is 7.18. The van der Waals surface area contributed by atoms with Gasteiger partial charge in [0.2, 0.25) is 0 Å². The molecule has 0 atom stereocenters. The van der Waals surface area contributed by atoms with Crippen LogP contribution in [0.15, 0.2) is 6.07 Å². The second-order valence-electron chi connectivity index (χ2n) is 7.42. The molecule has 0 saturated heterocycles. The number of carbonyl (C=O) groups is 1. The van der Waals surface area contributed by atoms with Crippen LogP contribution in [0.4, 0.5) is 0 Å². The first-order valence-corrected chi connectivity index (χ1v) is 10.7. The SMILES string of the molecule is NC1CCC(CC2CCC([NH3+])CC2)CC1.O=C([O-])c1cc(Cl)c(Cl)s1. The first kappa shape index (κ1) is 21.0. The molecule has 0 aromatic carbocycles. The van der Waals surface area contributed by atoms with Crippen LogP contribution in [-0.4, -0.2) is 18.1 Å². The molecule has 1 aromatic heterocycles. The number of hydrogen-bond donors (Lipinski definition) is 2. The van der Waals surface area contributed by atoms with Gasteiger partial charge in [0.25, 0.3) is 0 Å². The molecule has 4 nitrogen and oxygen atoms in total. The first-order valence-electron chi connectivity index (χ1n) is 9.10. The van der Waals surface area contributed by atoms with Crippen molar-refractivity contribution in [2.45, 2.75) is 69.9 Å². The summed E-state index contributed by atoms with van der Waals surface area (Å²) in [7, 11) is 0. The Morgan fingerprint density at radius 2 is 1.64 bits per heavy atom. The standard InChI is InChI=1S/C13H26N2.C5H2Cl2O2S/c14-12-5-1-10(2-6-12)9-11-3-7-13(15)8-4-11;6-2-1-3(5(8)9)10-4(2)7/h10-13H,1-9,14-15H2;1H,(H,8,9). The van der Waals surface area contributed by atoms with Gasteiger partial charge in [-0.3, -0.25) is 0 Å². The summed E-state index contributed by atoms with van der Waals surface area (Å²) in [5.74, 6) is 0.761. The summed E-state index contributed by atoms with van der Waals surface area (Å²) in [6.45, 7) is 0. The van der Waals surface area contributed by atoms with Gasteiger partial charge in [-0.05, 0) is 75.7 Å². The zero-order valence-corrected chi connectivity index (χ0v) is 16.8. The number of carbonyl (C=O) groups excluding carboxylic acids is 1. The fourth-order valence-corrected chi connectivity index (χ4v) is 5.01. The minimum Gasteiger partial charge on any atom is -0.544 e. The number of hydrogen-bond acceptors (Lipinski definition) is 4. The predicted octanol–water partition coefficient (Wildman–Crippen LogP) is 3.11. The summed E-state index contributed by atoms with van der Waals surface area (Å²) < 4.78 is 0.279. The van der Waals surface area contributed by atoms with Crippen molar-refractivity contribution in [1.82, 2.24) is 0 Å². The summed E-state index contributed by atoms with van der Waals surface area (Å²) in [6, 6.07) is 2.53. The Morgan fingerprint density at radius 3 is 2.04 bits per heavy atom. The highest BCUT2D eigenvalue weighted by Crippen LogP contribution is 2.34. The molecule has 2 aliphatic carbocycles. The highest BCUT2D eigenvalue weighted by Gasteiger charge is 2.25. The van der Waals surface area contributed by atoms with Crippen LogP contribution < -0.4 is 16.6 Å². The lowest BCUT2D eigenvalue weighted by molar-refractivity contribution is -0.426. The van der Waals surface area contributed by atoms with Crippen molar-refractivity contribution in [3.05, 3.63) is 20.3 Å². The van der Waals surface area contributed by atoms with Crippen LogP contribution in [0.1, 0.15) is 67.5 Å². The Balaban J connectivity index is 0.000000196. The lowest BCUT2D eigenvalue weighted by atomic mass is 9.76. The van der Waals surface area contributed by atoms with E-state index in [-0.39, 0.29) is 14.2 Å². The molecule has 7 heteroatoms. The highest BCUT2D eigenvalue weighted by atomic mass is 35.5. The average Bonchev–Trinajstić information content (AvgIpc) is 2.92. The van der Waals surface area contributed by atoms with Crippen molar-refractivity contribution in [3.8, 4) is 0 Å². The molecule has 5 N–H and O–H groups in total. The molecule has 0 radical (unpaired) electrons. The van der Waals surface area contributed by atoms with Gasteiger partial charge in [0.15, 0.2) is 0 Å². The number of carboxylic acids is 1. The van der Waals surface area contributed by atoms with Crippen LogP contribution in [0.3, 0.4) is 0 Å². The smallest absolute Gasteiger partial charge is 0.112 e. The Bertz CT molecular complexity index is 512. The molecule has 3 rings (SSSR count). The second kappa shape index (κ2) is 10.1. The fraction of sp³-hybridized carbons (Fsp3) is 0.722. The van der Waals surface area contributed by atoms with E-state index in [1.54, 1.807) is 0 Å². The number of aromatic carboxylic acids is 1. The van der Waals surface area contributed by atoms with Crippen LogP contribution in [0, 0.1) is 11.8 Å². The fourth-order valence-electron chi connectivity index (χ4n) is 3.81. The molecule has 0 bridgehead atoms. The van der Waals surface area contributed by atoms with Crippen molar-refractivity contribution >= 4 is 40.5 Å². The van der Waals surface area contributed by atoms with Gasteiger partial charge in [0.05, 0.1) is 21.9 Å². The lowest BCUT2D eigenvalue weighted by Crippen LogP contribution is -2.61. The van der Waals surface area contributed by atoms with E-state index < -0.39 is 5.97 Å². The van der Waals surface area contributed by atoms with Crippen LogP contribution in [0.2, 0.25) is 9.36 Å². The second-order valence-corrected chi connectivity index (χ2v) is 9.48. The third kappa shape index (κ3) is 7.06. The normalized spacial score (nSPS) is 29.6. The summed E-state index contributed by atoms with van der Waals surface area (Å²) in [6.07, 6.45) is 12.4. The van der Waals surface area contributed by atoms with Gasteiger partial charge in [0.1, 0.15) is 4.34 Å². The quantitative estimate of drug-likeness (QED) is 0.806. The molecule has 0 unspecified atom stereocenters. The largest absolute Gasteiger partial charge is 0.544 e. The Labute approximate surface area is 163 Å². The maximum absolute atomic E-state index is 10.1. The van der Waals surface area contributed by atoms with Crippen molar-refractivity contribution < 1.29 is 15.6 Å². The average molecular weight is 407 g/mol. The maximum Gasteiger partial charge on any atom is 0.112 e. The van der Waals surface area contributed by atoms with Crippen LogP contribution >= 0.6 is 34.5 Å². The third-order valence-electron chi connectivity index (χ3n) is 5.37. The van der Waals surface area contributed by atoms with Crippen LogP contribution in [0.25, 0.3) is 0 Å². The Kier molecular flexibility index (Phi) is 8.49. The monoisotopic (exact) mass is 406 g/mol. The zero-order chi connectivity index (χ0) is 18.4. The molecule has 2 aliphatic rings. The minimum absolute atomic E-state index is 0.0509. The van der Waals surface area contributed by atoms with E-state index in [4.69, 9.17) is 28.9 Å². The number of carboxylic acid groups (broad SMARTS) is 1. The molecule has 1 aromatic rings. The van der Waals surface area contributed by atoms with Gasteiger partial charge in [-0.1, -0.05) is 23.2 Å². The van der Waals surface area contributed by atoms with Crippen molar-refractivity contribution in [2.75, 3.05) is 0 Å². The van der Waals surface area contributed by atoms with Gasteiger partial charge in [-0.15, -0.1) is 11.3 Å². The number of nitrogens with two attached hydrogens (primary N) is 1. The molecule has 2 fully saturated rings. The van der Waals surface area contributed by atoms with E-state index >= 15 is 0 Å². The van der Waals surface area contributed by atoms with E-state index in [0.717, 1.165) is 29.2 Å². The van der Waals surface area contributed by atoms with Gasteiger partial charge in [0, 0.05) is 6.04 Å². The third-order valence-corrected chi connectivity index (χ3v) is 7.22. The summed E-state index contributed by atoms with van der Waals surface area (Å²) in [5, 5.41) is 10.4. The lowest BCUT2D eigenvalue weighted by Gasteiger charge is -2.31. The van der Waals surface area contributed by atoms with Gasteiger partial charge in [-0.2, -0.15) is 0 Å². The maximum atomic E-state index is 10.1. The molecule has 0 spiro atoms. The summed E-state index contributed by atoms with van der Waals surface area (Å²) in [4.78, 5) is 10.2. The summed E-state index contributed by atoms with van der Waals surface area (Å²) in [5.41, 5.74) is 10.1. The number of quaternary nitrogens is 1. The molecule has 25 heavy (non-hydrogen) atoms. The molecule has 0 aliphatic heterocycles. The van der Waals surface area contributed by atoms with E-state index in [0.29, 0.717) is 6.04 Å². The minimum atomic E-state index is -1.25. The van der Waals surface area contributed by atoms with Crippen molar-refractivity contribution in [3.63, 3.8) is 0 Å². The van der Waals surface area contributed by atoms with Gasteiger partial charge in [-0.25, -0.2) is 0 Å². The molecular formula is C18H28Cl2N2O2S. The topological polar surface area (TPSA) is 93.8 Å². The number of thiophene rings is 1. The predicted molar refractivity (Wildman–Crippen MR) is 102 cm³/mol. The van der Waals surface area contributed by atoms with Crippen LogP contribution in [-0.2, 0) is 0 Å². The van der Waals surface area contributed by atoms with Crippen LogP contribution in [0.5, 0.6) is 0 Å². The van der Waals surface area contributed by atoms with Gasteiger partial charge < -0.3 is 21.4 Å². The molecule has 2 saturated carbocycles. The van der Waals surface area contributed by atoms with E-state index in [2.05, 4.69) is 5.73 Å². The Morgan fingerprint density at radius 1 is 1.12 bits per heavy atom. The van der Waals surface area contributed by atoms with Gasteiger partial charge >= 0.3 is 0 Å². The number of rotatable bonds is 3.